The number of aromatic nitrogens is 2. The van der Waals surface area contributed by atoms with Crippen LogP contribution in [-0.2, 0) is 22.5 Å². The van der Waals surface area contributed by atoms with Gasteiger partial charge in [0.25, 0.3) is 0 Å². The van der Waals surface area contributed by atoms with Gasteiger partial charge in [0.15, 0.2) is 0 Å². The van der Waals surface area contributed by atoms with E-state index in [-0.39, 0.29) is 18.5 Å². The molecule has 5 nitrogen and oxygen atoms in total. The quantitative estimate of drug-likeness (QED) is 0.789. The van der Waals surface area contributed by atoms with Crippen LogP contribution in [0.5, 0.6) is 0 Å². The van der Waals surface area contributed by atoms with Gasteiger partial charge in [-0.3, -0.25) is 4.79 Å². The average Bonchev–Trinajstić information content (AvgIpc) is 3.02. The van der Waals surface area contributed by atoms with Crippen molar-refractivity contribution in [2.45, 2.75) is 39.8 Å². The van der Waals surface area contributed by atoms with Crippen LogP contribution in [0.2, 0.25) is 0 Å². The van der Waals surface area contributed by atoms with Gasteiger partial charge < -0.3 is 14.2 Å². The largest absolute Gasteiger partial charge is 0.383 e. The number of carbonyl (C=O) groups is 1. The number of anilines is 1. The first-order valence-corrected chi connectivity index (χ1v) is 7.93. The van der Waals surface area contributed by atoms with Crippen molar-refractivity contribution >= 4 is 11.6 Å². The first-order valence-electron chi connectivity index (χ1n) is 7.93. The molecule has 0 saturated carbocycles. The van der Waals surface area contributed by atoms with E-state index in [1.165, 1.54) is 5.56 Å². The molecule has 1 atom stereocenters. The third-order valence-corrected chi connectivity index (χ3v) is 3.94. The summed E-state index contributed by atoms with van der Waals surface area (Å²) in [5.41, 5.74) is 3.28. The highest BCUT2D eigenvalue weighted by atomic mass is 16.5. The van der Waals surface area contributed by atoms with Crippen LogP contribution >= 0.6 is 0 Å². The first-order chi connectivity index (χ1) is 11.1. The molecule has 2 aromatic rings. The molecule has 0 bridgehead atoms. The summed E-state index contributed by atoms with van der Waals surface area (Å²) in [5.74, 6) is 0.0385. The highest BCUT2D eigenvalue weighted by Crippen LogP contribution is 2.28. The van der Waals surface area contributed by atoms with E-state index in [2.05, 4.69) is 18.0 Å². The zero-order valence-corrected chi connectivity index (χ0v) is 14.3. The summed E-state index contributed by atoms with van der Waals surface area (Å²) in [7, 11) is 1.66. The summed E-state index contributed by atoms with van der Waals surface area (Å²) in [5, 5.41) is 0. The van der Waals surface area contributed by atoms with Gasteiger partial charge in [-0.15, -0.1) is 0 Å². The molecular weight excluding hydrogens is 290 g/mol. The number of hydrogen-bond acceptors (Lipinski definition) is 3. The van der Waals surface area contributed by atoms with Gasteiger partial charge in [0.1, 0.15) is 6.54 Å². The smallest absolute Gasteiger partial charge is 0.247 e. The number of imidazole rings is 1. The van der Waals surface area contributed by atoms with E-state index in [1.807, 2.05) is 30.9 Å². The number of benzene rings is 1. The lowest BCUT2D eigenvalue weighted by Gasteiger charge is -2.32. The second-order valence-electron chi connectivity index (χ2n) is 5.74. The lowest BCUT2D eigenvalue weighted by molar-refractivity contribution is -0.119. The van der Waals surface area contributed by atoms with Crippen LogP contribution in [0.25, 0.3) is 0 Å². The van der Waals surface area contributed by atoms with E-state index in [9.17, 15) is 4.79 Å². The molecule has 1 amide bonds. The molecule has 0 aliphatic carbocycles. The minimum Gasteiger partial charge on any atom is -0.383 e. The van der Waals surface area contributed by atoms with Crippen LogP contribution < -0.4 is 4.90 Å². The predicted octanol–water partition coefficient (Wildman–Crippen LogP) is 2.82. The van der Waals surface area contributed by atoms with Gasteiger partial charge in [-0.05, 0) is 31.4 Å². The van der Waals surface area contributed by atoms with Gasteiger partial charge >= 0.3 is 0 Å². The summed E-state index contributed by atoms with van der Waals surface area (Å²) in [6, 6.07) is 6.13. The number of amides is 1. The van der Waals surface area contributed by atoms with E-state index in [1.54, 1.807) is 30.4 Å². The van der Waals surface area contributed by atoms with Gasteiger partial charge in [0.2, 0.25) is 5.91 Å². The molecule has 2 rings (SSSR count). The molecule has 5 heteroatoms. The number of nitrogens with zero attached hydrogens (tertiary/aromatic N) is 3. The number of rotatable bonds is 7. The van der Waals surface area contributed by atoms with Crippen molar-refractivity contribution in [3.63, 3.8) is 0 Å². The molecule has 0 N–H and O–H groups in total. The maximum absolute atomic E-state index is 13.0. The van der Waals surface area contributed by atoms with Crippen molar-refractivity contribution in [1.82, 2.24) is 9.55 Å². The number of methoxy groups -OCH3 is 1. The topological polar surface area (TPSA) is 47.4 Å². The summed E-state index contributed by atoms with van der Waals surface area (Å²) in [6.07, 6.45) is 6.03. The second kappa shape index (κ2) is 7.92. The highest BCUT2D eigenvalue weighted by molar-refractivity contribution is 5.95. The normalized spacial score (nSPS) is 12.2. The van der Waals surface area contributed by atoms with Crippen LogP contribution in [0.4, 0.5) is 5.69 Å². The Morgan fingerprint density at radius 3 is 2.83 bits per heavy atom. The van der Waals surface area contributed by atoms with Crippen molar-refractivity contribution < 1.29 is 9.53 Å². The van der Waals surface area contributed by atoms with Crippen molar-refractivity contribution in [3.05, 3.63) is 48.0 Å². The monoisotopic (exact) mass is 315 g/mol. The van der Waals surface area contributed by atoms with Crippen molar-refractivity contribution in [2.24, 2.45) is 0 Å². The molecule has 23 heavy (non-hydrogen) atoms. The zero-order chi connectivity index (χ0) is 16.8. The summed E-state index contributed by atoms with van der Waals surface area (Å²) >= 11 is 0. The van der Waals surface area contributed by atoms with Crippen LogP contribution in [-0.4, -0.2) is 35.2 Å². The number of aryl methyl sites for hydroxylation is 2. The van der Waals surface area contributed by atoms with Gasteiger partial charge in [-0.2, -0.15) is 0 Å². The Kier molecular flexibility index (Phi) is 5.93. The van der Waals surface area contributed by atoms with E-state index in [0.29, 0.717) is 6.61 Å². The molecule has 0 fully saturated rings. The van der Waals surface area contributed by atoms with E-state index >= 15 is 0 Å². The number of ether oxygens (including phenoxy) is 1. The fraction of sp³-hybridized carbons (Fsp3) is 0.444. The second-order valence-corrected chi connectivity index (χ2v) is 5.74. The van der Waals surface area contributed by atoms with Gasteiger partial charge in [0, 0.05) is 19.5 Å². The lowest BCUT2D eigenvalue weighted by atomic mass is 10.0. The molecule has 0 saturated heterocycles. The third-order valence-electron chi connectivity index (χ3n) is 3.94. The standard InChI is InChI=1S/C18H25N3O2/c1-5-16-8-6-7-14(2)18(16)21(15(3)12-23-4)17(22)11-20-10-9-19-13-20/h6-10,13,15H,5,11-12H2,1-4H3/t15-/m1/s1. The third kappa shape index (κ3) is 3.99. The predicted molar refractivity (Wildman–Crippen MR) is 91.6 cm³/mol. The van der Waals surface area contributed by atoms with E-state index in [4.69, 9.17) is 4.74 Å². The summed E-state index contributed by atoms with van der Waals surface area (Å²) < 4.78 is 7.08. The molecule has 0 spiro atoms. The van der Waals surface area contributed by atoms with E-state index < -0.39 is 0 Å². The molecule has 0 unspecified atom stereocenters. The number of para-hydroxylation sites is 1. The molecule has 124 valence electrons. The molecule has 0 radical (unpaired) electrons. The van der Waals surface area contributed by atoms with Gasteiger partial charge in [0.05, 0.1) is 24.7 Å². The van der Waals surface area contributed by atoms with Crippen LogP contribution in [0.1, 0.15) is 25.0 Å². The molecule has 0 aliphatic rings. The Morgan fingerprint density at radius 2 is 2.22 bits per heavy atom. The Balaban J connectivity index is 2.40. The SMILES string of the molecule is CCc1cccc(C)c1N(C(=O)Cn1ccnc1)[C@H](C)COC. The first kappa shape index (κ1) is 17.2. The number of carbonyl (C=O) groups excluding carboxylic acids is 1. The van der Waals surface area contributed by atoms with Gasteiger partial charge in [-0.1, -0.05) is 25.1 Å². The Hall–Kier alpha value is -2.14. The van der Waals surface area contributed by atoms with Crippen LogP contribution in [0, 0.1) is 6.92 Å². The molecular formula is C18H25N3O2. The highest BCUT2D eigenvalue weighted by Gasteiger charge is 2.25. The maximum atomic E-state index is 13.0. The van der Waals surface area contributed by atoms with Crippen molar-refractivity contribution in [3.8, 4) is 0 Å². The van der Waals surface area contributed by atoms with Crippen molar-refractivity contribution in [2.75, 3.05) is 18.6 Å². The van der Waals surface area contributed by atoms with Crippen LogP contribution in [0.15, 0.2) is 36.9 Å². The Morgan fingerprint density at radius 1 is 1.43 bits per heavy atom. The fourth-order valence-corrected chi connectivity index (χ4v) is 2.87. The number of hydrogen-bond donors (Lipinski definition) is 0. The Labute approximate surface area is 137 Å². The minimum absolute atomic E-state index is 0.0385. The zero-order valence-electron chi connectivity index (χ0n) is 14.3. The Bertz CT molecular complexity index is 638. The molecule has 1 heterocycles. The molecule has 0 aliphatic heterocycles. The molecule has 1 aromatic carbocycles. The fourth-order valence-electron chi connectivity index (χ4n) is 2.87. The summed E-state index contributed by atoms with van der Waals surface area (Å²) in [4.78, 5) is 18.8. The lowest BCUT2D eigenvalue weighted by Crippen LogP contribution is -2.43. The van der Waals surface area contributed by atoms with Crippen molar-refractivity contribution in [1.29, 1.82) is 0 Å². The molecule has 1 aromatic heterocycles. The summed E-state index contributed by atoms with van der Waals surface area (Å²) in [6.45, 7) is 6.93. The minimum atomic E-state index is -0.0394. The van der Waals surface area contributed by atoms with Crippen LogP contribution in [0.3, 0.4) is 0 Å². The average molecular weight is 315 g/mol. The maximum Gasteiger partial charge on any atom is 0.247 e. The van der Waals surface area contributed by atoms with E-state index in [0.717, 1.165) is 17.7 Å². The van der Waals surface area contributed by atoms with Gasteiger partial charge in [-0.25, -0.2) is 4.98 Å².